The van der Waals surface area contributed by atoms with Gasteiger partial charge in [0.1, 0.15) is 10.6 Å². The van der Waals surface area contributed by atoms with Gasteiger partial charge in [-0.1, -0.05) is 35.8 Å². The maximum absolute atomic E-state index is 11.0. The molecule has 3 rings (SSSR count). The van der Waals surface area contributed by atoms with Crippen LogP contribution in [0.2, 0.25) is 10.0 Å². The van der Waals surface area contributed by atoms with Crippen LogP contribution >= 0.6 is 45.9 Å². The Kier molecular flexibility index (Phi) is 6.10. The SMILES string of the molecule is C=C(N/N=C(\C)c1csc(-c2ccc(Cl)c(Cl)c2)c1O)c1ccc(C(=O)O)s1. The van der Waals surface area contributed by atoms with Crippen molar-refractivity contribution in [2.24, 2.45) is 5.10 Å². The quantitative estimate of drug-likeness (QED) is 0.308. The molecule has 0 saturated carbocycles. The highest BCUT2D eigenvalue weighted by Gasteiger charge is 2.16. The Bertz CT molecular complexity index is 1100. The molecule has 0 radical (unpaired) electrons. The number of hydrogen-bond donors (Lipinski definition) is 3. The number of nitrogens with zero attached hydrogens (tertiary/aromatic N) is 1. The first-order chi connectivity index (χ1) is 13.3. The van der Waals surface area contributed by atoms with Crippen LogP contribution in [-0.2, 0) is 0 Å². The van der Waals surface area contributed by atoms with Gasteiger partial charge in [-0.3, -0.25) is 5.43 Å². The molecule has 0 unspecified atom stereocenters. The first-order valence-corrected chi connectivity index (χ1v) is 10.3. The van der Waals surface area contributed by atoms with Crippen molar-refractivity contribution >= 4 is 63.3 Å². The van der Waals surface area contributed by atoms with Crippen LogP contribution in [0.25, 0.3) is 16.1 Å². The molecule has 1 aromatic carbocycles. The molecule has 2 heterocycles. The van der Waals surface area contributed by atoms with Crippen molar-refractivity contribution in [3.8, 4) is 16.2 Å². The van der Waals surface area contributed by atoms with Crippen molar-refractivity contribution in [2.45, 2.75) is 6.92 Å². The normalized spacial score (nSPS) is 11.5. The second-order valence-electron chi connectivity index (χ2n) is 5.71. The third-order valence-electron chi connectivity index (χ3n) is 3.81. The molecule has 3 aromatic rings. The average molecular weight is 453 g/mol. The second-order valence-corrected chi connectivity index (χ2v) is 8.49. The molecule has 0 atom stereocenters. The van der Waals surface area contributed by atoms with E-state index in [2.05, 4.69) is 17.1 Å². The third-order valence-corrected chi connectivity index (χ3v) is 6.70. The van der Waals surface area contributed by atoms with Gasteiger partial charge >= 0.3 is 5.97 Å². The van der Waals surface area contributed by atoms with Crippen LogP contribution in [0, 0.1) is 0 Å². The number of carboxylic acids is 1. The number of thiophene rings is 2. The van der Waals surface area contributed by atoms with Gasteiger partial charge in [-0.2, -0.15) is 5.10 Å². The van der Waals surface area contributed by atoms with Gasteiger partial charge in [0, 0.05) is 5.38 Å². The lowest BCUT2D eigenvalue weighted by Crippen LogP contribution is -2.06. The Morgan fingerprint density at radius 3 is 2.54 bits per heavy atom. The van der Waals surface area contributed by atoms with E-state index < -0.39 is 5.97 Å². The van der Waals surface area contributed by atoms with E-state index in [-0.39, 0.29) is 10.6 Å². The smallest absolute Gasteiger partial charge is 0.345 e. The fourth-order valence-electron chi connectivity index (χ4n) is 2.33. The maximum atomic E-state index is 11.0. The molecule has 0 aliphatic rings. The predicted octanol–water partition coefficient (Wildman–Crippen LogP) is 6.17. The van der Waals surface area contributed by atoms with E-state index in [0.717, 1.165) is 16.9 Å². The lowest BCUT2D eigenvalue weighted by Gasteiger charge is -2.05. The highest BCUT2D eigenvalue weighted by Crippen LogP contribution is 2.40. The lowest BCUT2D eigenvalue weighted by atomic mass is 10.1. The summed E-state index contributed by atoms with van der Waals surface area (Å²) in [6, 6.07) is 8.34. The Morgan fingerprint density at radius 1 is 1.18 bits per heavy atom. The summed E-state index contributed by atoms with van der Waals surface area (Å²) in [4.78, 5) is 12.5. The zero-order valence-electron chi connectivity index (χ0n) is 14.5. The van der Waals surface area contributed by atoms with Gasteiger partial charge in [0.05, 0.1) is 36.8 Å². The van der Waals surface area contributed by atoms with E-state index in [9.17, 15) is 9.90 Å². The topological polar surface area (TPSA) is 81.9 Å². The summed E-state index contributed by atoms with van der Waals surface area (Å²) < 4.78 is 0. The minimum absolute atomic E-state index is 0.0985. The number of hydrazone groups is 1. The number of benzene rings is 1. The van der Waals surface area contributed by atoms with Crippen LogP contribution in [0.4, 0.5) is 0 Å². The zero-order valence-corrected chi connectivity index (χ0v) is 17.6. The van der Waals surface area contributed by atoms with Crippen LogP contribution < -0.4 is 5.43 Å². The zero-order chi connectivity index (χ0) is 20.4. The van der Waals surface area contributed by atoms with Crippen molar-refractivity contribution < 1.29 is 15.0 Å². The number of carbonyl (C=O) groups is 1. The molecular weight excluding hydrogens is 439 g/mol. The number of aromatic carboxylic acids is 1. The Labute approximate surface area is 179 Å². The van der Waals surface area contributed by atoms with Gasteiger partial charge in [-0.05, 0) is 36.8 Å². The van der Waals surface area contributed by atoms with E-state index in [4.69, 9.17) is 28.3 Å². The van der Waals surface area contributed by atoms with E-state index >= 15 is 0 Å². The molecule has 0 aliphatic heterocycles. The molecule has 0 fully saturated rings. The van der Waals surface area contributed by atoms with Crippen LogP contribution in [0.15, 0.2) is 47.4 Å². The summed E-state index contributed by atoms with van der Waals surface area (Å²) in [5, 5.41) is 26.5. The minimum Gasteiger partial charge on any atom is -0.506 e. The number of nitrogens with one attached hydrogen (secondary N) is 1. The summed E-state index contributed by atoms with van der Waals surface area (Å²) in [5.74, 6) is -0.886. The van der Waals surface area contributed by atoms with Gasteiger partial charge in [0.2, 0.25) is 0 Å². The number of carboxylic acid groups (broad SMARTS) is 1. The van der Waals surface area contributed by atoms with E-state index in [0.29, 0.717) is 36.8 Å². The molecule has 0 spiro atoms. The van der Waals surface area contributed by atoms with Crippen LogP contribution in [0.1, 0.15) is 27.0 Å². The highest BCUT2D eigenvalue weighted by atomic mass is 35.5. The molecule has 3 N–H and O–H groups in total. The monoisotopic (exact) mass is 452 g/mol. The molecule has 144 valence electrons. The molecule has 0 aliphatic carbocycles. The first kappa shape index (κ1) is 20.4. The Morgan fingerprint density at radius 2 is 1.89 bits per heavy atom. The Hall–Kier alpha value is -2.32. The number of hydrogen-bond acceptors (Lipinski definition) is 6. The average Bonchev–Trinajstić information content (AvgIpc) is 3.29. The van der Waals surface area contributed by atoms with Gasteiger partial charge in [0.15, 0.2) is 0 Å². The summed E-state index contributed by atoms with van der Waals surface area (Å²) in [6.07, 6.45) is 0. The maximum Gasteiger partial charge on any atom is 0.345 e. The van der Waals surface area contributed by atoms with Crippen molar-refractivity contribution in [1.82, 2.24) is 5.43 Å². The lowest BCUT2D eigenvalue weighted by molar-refractivity contribution is 0.0702. The van der Waals surface area contributed by atoms with E-state index in [1.54, 1.807) is 36.6 Å². The summed E-state index contributed by atoms with van der Waals surface area (Å²) in [5.41, 5.74) is 5.16. The number of rotatable bonds is 6. The summed E-state index contributed by atoms with van der Waals surface area (Å²) in [7, 11) is 0. The fourth-order valence-corrected chi connectivity index (χ4v) is 4.40. The van der Waals surface area contributed by atoms with Crippen molar-refractivity contribution in [3.63, 3.8) is 0 Å². The van der Waals surface area contributed by atoms with Gasteiger partial charge in [-0.25, -0.2) is 4.79 Å². The number of halogens is 2. The van der Waals surface area contributed by atoms with E-state index in [1.165, 1.54) is 17.4 Å². The van der Waals surface area contributed by atoms with Gasteiger partial charge in [0.25, 0.3) is 0 Å². The standard InChI is InChI=1S/C19H14Cl2N2O3S2/c1-9(22-23-10(2)15-5-6-16(28-15)19(25)26)12-8-27-18(17(12)24)11-3-4-13(20)14(21)7-11/h3-8,23-24H,2H2,1H3,(H,25,26)/b22-9+. The minimum atomic E-state index is -0.984. The number of aromatic hydroxyl groups is 1. The Balaban J connectivity index is 1.79. The molecule has 0 saturated heterocycles. The molecule has 28 heavy (non-hydrogen) atoms. The van der Waals surface area contributed by atoms with E-state index in [1.807, 2.05) is 0 Å². The van der Waals surface area contributed by atoms with Crippen molar-refractivity contribution in [1.29, 1.82) is 0 Å². The van der Waals surface area contributed by atoms with Crippen LogP contribution in [-0.4, -0.2) is 21.9 Å². The summed E-state index contributed by atoms with van der Waals surface area (Å²) in [6.45, 7) is 5.62. The molecule has 5 nitrogen and oxygen atoms in total. The molecule has 0 amide bonds. The molecule has 0 bridgehead atoms. The molecular formula is C19H14Cl2N2O3S2. The summed E-state index contributed by atoms with van der Waals surface area (Å²) >= 11 is 14.5. The first-order valence-electron chi connectivity index (χ1n) is 7.87. The van der Waals surface area contributed by atoms with Gasteiger partial charge < -0.3 is 10.2 Å². The van der Waals surface area contributed by atoms with Crippen LogP contribution in [0.5, 0.6) is 5.75 Å². The van der Waals surface area contributed by atoms with Gasteiger partial charge in [-0.15, -0.1) is 22.7 Å². The molecule has 2 aromatic heterocycles. The highest BCUT2D eigenvalue weighted by molar-refractivity contribution is 7.15. The molecule has 9 heteroatoms. The largest absolute Gasteiger partial charge is 0.506 e. The fraction of sp³-hybridized carbons (Fsp3) is 0.0526. The predicted molar refractivity (Wildman–Crippen MR) is 117 cm³/mol. The van der Waals surface area contributed by atoms with Crippen molar-refractivity contribution in [2.75, 3.05) is 0 Å². The van der Waals surface area contributed by atoms with Crippen molar-refractivity contribution in [3.05, 3.63) is 67.7 Å². The van der Waals surface area contributed by atoms with Crippen LogP contribution in [0.3, 0.4) is 0 Å². The third kappa shape index (κ3) is 4.23. The second kappa shape index (κ2) is 8.36.